The Bertz CT molecular complexity index is 1180. The van der Waals surface area contributed by atoms with Crippen molar-refractivity contribution in [2.45, 2.75) is 18.9 Å². The molecule has 4 heterocycles. The van der Waals surface area contributed by atoms with E-state index in [4.69, 9.17) is 4.74 Å². The van der Waals surface area contributed by atoms with Gasteiger partial charge in [0.15, 0.2) is 11.6 Å². The van der Waals surface area contributed by atoms with E-state index in [0.29, 0.717) is 19.2 Å². The molecule has 1 aromatic heterocycles. The third-order valence-electron chi connectivity index (χ3n) is 7.71. The predicted molar refractivity (Wildman–Crippen MR) is 142 cm³/mol. The number of hydrogen-bond donors (Lipinski definition) is 0. The van der Waals surface area contributed by atoms with E-state index in [1.54, 1.807) is 0 Å². The number of rotatable bonds is 5. The first-order valence-electron chi connectivity index (χ1n) is 13.2. The van der Waals surface area contributed by atoms with Gasteiger partial charge in [-0.1, -0.05) is 30.3 Å². The largest absolute Gasteiger partial charge is 0.377 e. The maximum absolute atomic E-state index is 13.1. The fraction of sp³-hybridized carbons (Fsp3) is 0.464. The average molecular weight is 487 g/mol. The van der Waals surface area contributed by atoms with Crippen LogP contribution < -0.4 is 9.80 Å². The summed E-state index contributed by atoms with van der Waals surface area (Å²) in [6, 6.07) is 18.3. The predicted octanol–water partition coefficient (Wildman–Crippen LogP) is 2.89. The Morgan fingerprint density at radius 1 is 0.806 bits per heavy atom. The molecule has 1 unspecified atom stereocenters. The van der Waals surface area contributed by atoms with Crippen LogP contribution in [0.4, 0.5) is 11.6 Å². The van der Waals surface area contributed by atoms with Crippen molar-refractivity contribution in [2.24, 2.45) is 0 Å². The summed E-state index contributed by atoms with van der Waals surface area (Å²) in [4.78, 5) is 22.1. The third-order valence-corrected chi connectivity index (χ3v) is 7.71. The standard InChI is InChI=1S/C28H34N6O2/c35-28(24-8-7-22-4-1-2-5-23(22)20-24)34-17-15-33(16-18-34)27-10-9-26(29-30-27)32-13-11-31(12-14-32)21-25-6-3-19-36-25/h1-2,4-5,7-10,20,25H,3,6,11-19,21H2. The SMILES string of the molecule is O=C(c1ccc2ccccc2c1)N1CCN(c2ccc(N3CCN(CC4CCCO4)CC3)nn2)CC1. The van der Waals surface area contributed by atoms with E-state index in [1.165, 1.54) is 12.8 Å². The number of nitrogens with zero attached hydrogens (tertiary/aromatic N) is 6. The van der Waals surface area contributed by atoms with Gasteiger partial charge in [0.1, 0.15) is 0 Å². The molecule has 3 saturated heterocycles. The number of aromatic nitrogens is 2. The molecule has 3 aromatic rings. The monoisotopic (exact) mass is 486 g/mol. The molecule has 0 bridgehead atoms. The molecule has 0 spiro atoms. The first-order valence-corrected chi connectivity index (χ1v) is 13.2. The summed E-state index contributed by atoms with van der Waals surface area (Å²) >= 11 is 0. The highest BCUT2D eigenvalue weighted by Gasteiger charge is 2.25. The molecule has 0 radical (unpaired) electrons. The van der Waals surface area contributed by atoms with Gasteiger partial charge in [0, 0.05) is 71.1 Å². The van der Waals surface area contributed by atoms with Crippen molar-refractivity contribution >= 4 is 28.3 Å². The van der Waals surface area contributed by atoms with Gasteiger partial charge in [-0.15, -0.1) is 10.2 Å². The number of fused-ring (bicyclic) bond motifs is 1. The molecular formula is C28H34N6O2. The molecular weight excluding hydrogens is 452 g/mol. The Morgan fingerprint density at radius 2 is 1.47 bits per heavy atom. The minimum atomic E-state index is 0.0977. The number of carbonyl (C=O) groups is 1. The second kappa shape index (κ2) is 10.4. The fourth-order valence-corrected chi connectivity index (χ4v) is 5.53. The van der Waals surface area contributed by atoms with Gasteiger partial charge in [-0.25, -0.2) is 0 Å². The van der Waals surface area contributed by atoms with Crippen molar-refractivity contribution in [3.05, 3.63) is 60.2 Å². The van der Waals surface area contributed by atoms with Crippen molar-refractivity contribution < 1.29 is 9.53 Å². The van der Waals surface area contributed by atoms with Gasteiger partial charge >= 0.3 is 0 Å². The van der Waals surface area contributed by atoms with Crippen LogP contribution in [-0.4, -0.2) is 97.5 Å². The zero-order valence-corrected chi connectivity index (χ0v) is 20.8. The normalized spacial score (nSPS) is 21.3. The minimum absolute atomic E-state index is 0.0977. The smallest absolute Gasteiger partial charge is 0.253 e. The van der Waals surface area contributed by atoms with E-state index < -0.39 is 0 Å². The Labute approximate surface area is 212 Å². The zero-order valence-electron chi connectivity index (χ0n) is 20.8. The summed E-state index contributed by atoms with van der Waals surface area (Å²) in [6.07, 6.45) is 2.81. The average Bonchev–Trinajstić information content (AvgIpc) is 3.46. The number of hydrogen-bond acceptors (Lipinski definition) is 7. The first-order chi connectivity index (χ1) is 17.7. The van der Waals surface area contributed by atoms with Crippen LogP contribution in [0.3, 0.4) is 0 Å². The van der Waals surface area contributed by atoms with Crippen LogP contribution in [0.15, 0.2) is 54.6 Å². The molecule has 3 fully saturated rings. The van der Waals surface area contributed by atoms with Crippen LogP contribution >= 0.6 is 0 Å². The van der Waals surface area contributed by atoms with Crippen LogP contribution in [0, 0.1) is 0 Å². The second-order valence-corrected chi connectivity index (χ2v) is 10.0. The second-order valence-electron chi connectivity index (χ2n) is 10.0. The first kappa shape index (κ1) is 23.2. The molecule has 3 aliphatic rings. The Balaban J connectivity index is 1.01. The summed E-state index contributed by atoms with van der Waals surface area (Å²) in [5, 5.41) is 11.3. The van der Waals surface area contributed by atoms with Gasteiger partial charge < -0.3 is 19.4 Å². The lowest BCUT2D eigenvalue weighted by atomic mass is 10.1. The molecule has 6 rings (SSSR count). The summed E-state index contributed by atoms with van der Waals surface area (Å²) in [5.41, 5.74) is 0.752. The van der Waals surface area contributed by atoms with Crippen molar-refractivity contribution in [1.29, 1.82) is 0 Å². The molecule has 1 amide bonds. The molecule has 188 valence electrons. The van der Waals surface area contributed by atoms with Gasteiger partial charge in [0.2, 0.25) is 0 Å². The molecule has 0 N–H and O–H groups in total. The maximum atomic E-state index is 13.1. The topological polar surface area (TPSA) is 65.0 Å². The van der Waals surface area contributed by atoms with E-state index in [1.807, 2.05) is 35.2 Å². The minimum Gasteiger partial charge on any atom is -0.377 e. The molecule has 8 nitrogen and oxygen atoms in total. The number of anilines is 2. The van der Waals surface area contributed by atoms with Gasteiger partial charge in [-0.05, 0) is 47.9 Å². The quantitative estimate of drug-likeness (QED) is 0.550. The van der Waals surface area contributed by atoms with E-state index >= 15 is 0 Å². The lowest BCUT2D eigenvalue weighted by Gasteiger charge is -2.37. The van der Waals surface area contributed by atoms with Crippen molar-refractivity contribution in [1.82, 2.24) is 20.0 Å². The highest BCUT2D eigenvalue weighted by atomic mass is 16.5. The summed E-state index contributed by atoms with van der Waals surface area (Å²) in [7, 11) is 0. The van der Waals surface area contributed by atoms with Crippen LogP contribution in [-0.2, 0) is 4.74 Å². The lowest BCUT2D eigenvalue weighted by molar-refractivity contribution is 0.0712. The molecule has 36 heavy (non-hydrogen) atoms. The number of piperazine rings is 2. The van der Waals surface area contributed by atoms with Crippen LogP contribution in [0.1, 0.15) is 23.2 Å². The van der Waals surface area contributed by atoms with Crippen LogP contribution in [0.25, 0.3) is 10.8 Å². The van der Waals surface area contributed by atoms with Gasteiger partial charge in [0.25, 0.3) is 5.91 Å². The Hall–Kier alpha value is -3.23. The molecule has 0 saturated carbocycles. The highest BCUT2D eigenvalue weighted by molar-refractivity contribution is 5.98. The molecule has 0 aliphatic carbocycles. The molecule has 2 aromatic carbocycles. The van der Waals surface area contributed by atoms with E-state index in [-0.39, 0.29) is 5.91 Å². The number of benzene rings is 2. The van der Waals surface area contributed by atoms with Gasteiger partial charge in [-0.3, -0.25) is 9.69 Å². The van der Waals surface area contributed by atoms with E-state index in [0.717, 1.165) is 80.4 Å². The third kappa shape index (κ3) is 5.01. The maximum Gasteiger partial charge on any atom is 0.253 e. The van der Waals surface area contributed by atoms with Gasteiger partial charge in [0.05, 0.1) is 6.10 Å². The number of amides is 1. The van der Waals surface area contributed by atoms with Crippen LogP contribution in [0.5, 0.6) is 0 Å². The Morgan fingerprint density at radius 3 is 2.11 bits per heavy atom. The van der Waals surface area contributed by atoms with Crippen LogP contribution in [0.2, 0.25) is 0 Å². The van der Waals surface area contributed by atoms with Crippen molar-refractivity contribution in [3.8, 4) is 0 Å². The van der Waals surface area contributed by atoms with E-state index in [9.17, 15) is 4.79 Å². The summed E-state index contributed by atoms with van der Waals surface area (Å²) in [5.74, 6) is 1.93. The molecule has 3 aliphatic heterocycles. The number of carbonyl (C=O) groups excluding carboxylic acids is 1. The number of ether oxygens (including phenoxy) is 1. The summed E-state index contributed by atoms with van der Waals surface area (Å²) < 4.78 is 5.79. The molecule has 8 heteroatoms. The lowest BCUT2D eigenvalue weighted by Crippen LogP contribution is -2.49. The van der Waals surface area contributed by atoms with Gasteiger partial charge in [-0.2, -0.15) is 0 Å². The summed E-state index contributed by atoms with van der Waals surface area (Å²) in [6.45, 7) is 8.86. The molecule has 1 atom stereocenters. The highest BCUT2D eigenvalue weighted by Crippen LogP contribution is 2.21. The van der Waals surface area contributed by atoms with E-state index in [2.05, 4.69) is 49.2 Å². The zero-order chi connectivity index (χ0) is 24.3. The fourth-order valence-electron chi connectivity index (χ4n) is 5.53. The van der Waals surface area contributed by atoms with Crippen molar-refractivity contribution in [3.63, 3.8) is 0 Å². The van der Waals surface area contributed by atoms with Crippen molar-refractivity contribution in [2.75, 3.05) is 75.3 Å². The Kier molecular flexibility index (Phi) is 6.70.